The third kappa shape index (κ3) is 3.88. The summed E-state index contributed by atoms with van der Waals surface area (Å²) in [6.45, 7) is 3.22. The summed E-state index contributed by atoms with van der Waals surface area (Å²) in [7, 11) is 6.05. The summed E-state index contributed by atoms with van der Waals surface area (Å²) in [6, 6.07) is 7.52. The van der Waals surface area contributed by atoms with Crippen molar-refractivity contribution in [3.05, 3.63) is 41.5 Å². The molecule has 1 saturated carbocycles. The van der Waals surface area contributed by atoms with E-state index in [9.17, 15) is 4.79 Å². The molecule has 1 aromatic heterocycles. The van der Waals surface area contributed by atoms with Gasteiger partial charge in [0.15, 0.2) is 0 Å². The lowest BCUT2D eigenvalue weighted by Crippen LogP contribution is -2.44. The minimum absolute atomic E-state index is 0.0798. The van der Waals surface area contributed by atoms with E-state index in [1.54, 1.807) is 6.07 Å². The monoisotopic (exact) mass is 357 g/mol. The number of aromatic nitrogens is 3. The number of carbonyl (C=O) groups excluding carboxylic acids is 1. The standard InChI is InChI=1S/C19H27N5O2/c1-5-26-16-9-7-6-8-15(16)19(25)20-14-10-13(11-14)18-22-21-17(24(18)4)12-23(2)3/h6-9,13-14H,5,10-12H2,1-4H3,(H,20,25). The summed E-state index contributed by atoms with van der Waals surface area (Å²) in [5.74, 6) is 2.86. The minimum Gasteiger partial charge on any atom is -0.493 e. The summed E-state index contributed by atoms with van der Waals surface area (Å²) in [4.78, 5) is 14.6. The third-order valence-corrected chi connectivity index (χ3v) is 4.73. The highest BCUT2D eigenvalue weighted by Gasteiger charge is 2.35. The lowest BCUT2D eigenvalue weighted by atomic mass is 9.79. The molecule has 1 heterocycles. The second-order valence-corrected chi connectivity index (χ2v) is 7.04. The molecule has 2 aromatic rings. The number of para-hydroxylation sites is 1. The molecule has 0 radical (unpaired) electrons. The number of nitrogens with one attached hydrogen (secondary N) is 1. The average molecular weight is 357 g/mol. The molecule has 1 amide bonds. The van der Waals surface area contributed by atoms with Gasteiger partial charge in [0.05, 0.1) is 18.7 Å². The summed E-state index contributed by atoms with van der Waals surface area (Å²) in [6.07, 6.45) is 1.77. The highest BCUT2D eigenvalue weighted by atomic mass is 16.5. The molecule has 0 aliphatic heterocycles. The van der Waals surface area contributed by atoms with Crippen molar-refractivity contribution >= 4 is 5.91 Å². The third-order valence-electron chi connectivity index (χ3n) is 4.73. The Bertz CT molecular complexity index is 765. The number of amides is 1. The molecule has 1 aromatic carbocycles. The van der Waals surface area contributed by atoms with Crippen LogP contribution in [0.2, 0.25) is 0 Å². The van der Waals surface area contributed by atoms with Crippen LogP contribution in [0.25, 0.3) is 0 Å². The maximum absolute atomic E-state index is 12.5. The zero-order valence-electron chi connectivity index (χ0n) is 15.9. The molecule has 0 atom stereocenters. The van der Waals surface area contributed by atoms with E-state index in [1.165, 1.54) is 0 Å². The molecule has 26 heavy (non-hydrogen) atoms. The predicted molar refractivity (Wildman–Crippen MR) is 99.2 cm³/mol. The molecule has 1 aliphatic rings. The molecule has 0 bridgehead atoms. The minimum atomic E-state index is -0.0798. The summed E-state index contributed by atoms with van der Waals surface area (Å²) < 4.78 is 7.62. The number of carbonyl (C=O) groups is 1. The lowest BCUT2D eigenvalue weighted by Gasteiger charge is -2.35. The fourth-order valence-electron chi connectivity index (χ4n) is 3.30. The lowest BCUT2D eigenvalue weighted by molar-refractivity contribution is 0.0903. The second kappa shape index (κ2) is 7.86. The Labute approximate surface area is 154 Å². The first kappa shape index (κ1) is 18.4. The van der Waals surface area contributed by atoms with Crippen LogP contribution < -0.4 is 10.1 Å². The van der Waals surface area contributed by atoms with Crippen LogP contribution in [0, 0.1) is 0 Å². The van der Waals surface area contributed by atoms with E-state index in [0.717, 1.165) is 31.0 Å². The van der Waals surface area contributed by atoms with E-state index < -0.39 is 0 Å². The van der Waals surface area contributed by atoms with Gasteiger partial charge in [0, 0.05) is 19.0 Å². The van der Waals surface area contributed by atoms with Crippen LogP contribution in [0.5, 0.6) is 5.75 Å². The normalized spacial score (nSPS) is 19.3. The summed E-state index contributed by atoms with van der Waals surface area (Å²) in [5.41, 5.74) is 0.588. The van der Waals surface area contributed by atoms with Gasteiger partial charge < -0.3 is 19.5 Å². The number of hydrogen-bond acceptors (Lipinski definition) is 5. The Morgan fingerprint density at radius 3 is 2.73 bits per heavy atom. The molecule has 140 valence electrons. The highest BCUT2D eigenvalue weighted by molar-refractivity contribution is 5.97. The van der Waals surface area contributed by atoms with Crippen molar-refractivity contribution in [2.24, 2.45) is 7.05 Å². The molecule has 0 saturated heterocycles. The molecule has 7 nitrogen and oxygen atoms in total. The van der Waals surface area contributed by atoms with E-state index in [-0.39, 0.29) is 11.9 Å². The Morgan fingerprint density at radius 2 is 2.04 bits per heavy atom. The molecule has 1 aliphatic carbocycles. The Hall–Kier alpha value is -2.41. The molecule has 0 spiro atoms. The average Bonchev–Trinajstić information content (AvgIpc) is 2.91. The van der Waals surface area contributed by atoms with Crippen LogP contribution in [0.1, 0.15) is 47.7 Å². The largest absolute Gasteiger partial charge is 0.493 e. The topological polar surface area (TPSA) is 72.3 Å². The van der Waals surface area contributed by atoms with Crippen LogP contribution in [-0.2, 0) is 13.6 Å². The summed E-state index contributed by atoms with van der Waals surface area (Å²) >= 11 is 0. The highest BCUT2D eigenvalue weighted by Crippen LogP contribution is 2.36. The molecule has 1 N–H and O–H groups in total. The van der Waals surface area contributed by atoms with E-state index in [2.05, 4.69) is 25.0 Å². The van der Waals surface area contributed by atoms with Crippen LogP contribution in [0.3, 0.4) is 0 Å². The van der Waals surface area contributed by atoms with E-state index in [0.29, 0.717) is 23.8 Å². The SMILES string of the molecule is CCOc1ccccc1C(=O)NC1CC(c2nnc(CN(C)C)n2C)C1. The first-order valence-corrected chi connectivity index (χ1v) is 9.05. The molecule has 0 unspecified atom stereocenters. The maximum atomic E-state index is 12.5. The van der Waals surface area contributed by atoms with Crippen molar-refractivity contribution in [3.8, 4) is 5.75 Å². The van der Waals surface area contributed by atoms with Crippen LogP contribution in [0.4, 0.5) is 0 Å². The van der Waals surface area contributed by atoms with Crippen LogP contribution in [0.15, 0.2) is 24.3 Å². The number of hydrogen-bond donors (Lipinski definition) is 1. The number of ether oxygens (including phenoxy) is 1. The Kier molecular flexibility index (Phi) is 5.56. The smallest absolute Gasteiger partial charge is 0.255 e. The first-order valence-electron chi connectivity index (χ1n) is 9.05. The van der Waals surface area contributed by atoms with Crippen molar-refractivity contribution in [2.45, 2.75) is 38.3 Å². The second-order valence-electron chi connectivity index (χ2n) is 7.04. The van der Waals surface area contributed by atoms with Gasteiger partial charge in [-0.1, -0.05) is 12.1 Å². The van der Waals surface area contributed by atoms with Gasteiger partial charge in [0.1, 0.15) is 17.4 Å². The molecular weight excluding hydrogens is 330 g/mol. The van der Waals surface area contributed by atoms with Crippen LogP contribution in [-0.4, -0.2) is 52.3 Å². The van der Waals surface area contributed by atoms with Crippen molar-refractivity contribution < 1.29 is 9.53 Å². The first-order chi connectivity index (χ1) is 12.5. The van der Waals surface area contributed by atoms with Crippen LogP contribution >= 0.6 is 0 Å². The number of benzene rings is 1. The van der Waals surface area contributed by atoms with Crippen molar-refractivity contribution in [1.29, 1.82) is 0 Å². The zero-order chi connectivity index (χ0) is 18.7. The van der Waals surface area contributed by atoms with Gasteiger partial charge >= 0.3 is 0 Å². The summed E-state index contributed by atoms with van der Waals surface area (Å²) in [5, 5.41) is 11.8. The Morgan fingerprint density at radius 1 is 1.31 bits per heavy atom. The van der Waals surface area contributed by atoms with Crippen molar-refractivity contribution in [2.75, 3.05) is 20.7 Å². The quantitative estimate of drug-likeness (QED) is 0.820. The molecule has 1 fully saturated rings. The van der Waals surface area contributed by atoms with E-state index in [4.69, 9.17) is 4.74 Å². The van der Waals surface area contributed by atoms with Gasteiger partial charge in [-0.25, -0.2) is 0 Å². The van der Waals surface area contributed by atoms with Crippen molar-refractivity contribution in [1.82, 2.24) is 25.0 Å². The van der Waals surface area contributed by atoms with Gasteiger partial charge in [0.25, 0.3) is 5.91 Å². The van der Waals surface area contributed by atoms with Gasteiger partial charge in [-0.05, 0) is 46.0 Å². The molecular formula is C19H27N5O2. The van der Waals surface area contributed by atoms with E-state index >= 15 is 0 Å². The number of rotatable bonds is 7. The van der Waals surface area contributed by atoms with Gasteiger partial charge in [-0.15, -0.1) is 10.2 Å². The predicted octanol–water partition coefficient (Wildman–Crippen LogP) is 1.95. The maximum Gasteiger partial charge on any atom is 0.255 e. The number of nitrogens with zero attached hydrogens (tertiary/aromatic N) is 4. The van der Waals surface area contributed by atoms with Gasteiger partial charge in [-0.3, -0.25) is 4.79 Å². The molecule has 3 rings (SSSR count). The van der Waals surface area contributed by atoms with Gasteiger partial charge in [-0.2, -0.15) is 0 Å². The fourth-order valence-corrected chi connectivity index (χ4v) is 3.30. The zero-order valence-corrected chi connectivity index (χ0v) is 15.9. The van der Waals surface area contributed by atoms with E-state index in [1.807, 2.05) is 46.3 Å². The van der Waals surface area contributed by atoms with Crippen molar-refractivity contribution in [3.63, 3.8) is 0 Å². The Balaban J connectivity index is 1.58. The van der Waals surface area contributed by atoms with Gasteiger partial charge in [0.2, 0.25) is 0 Å². The fraction of sp³-hybridized carbons (Fsp3) is 0.526. The molecule has 7 heteroatoms.